The lowest BCUT2D eigenvalue weighted by Gasteiger charge is -2.17. The summed E-state index contributed by atoms with van der Waals surface area (Å²) in [5.41, 5.74) is 2.34. The van der Waals surface area contributed by atoms with Crippen molar-refractivity contribution in [2.45, 2.75) is 72.5 Å². The zero-order valence-corrected chi connectivity index (χ0v) is 18.9. The number of nitrogens with zero attached hydrogens (tertiary/aromatic N) is 4. The van der Waals surface area contributed by atoms with Crippen LogP contribution in [0, 0.1) is 12.8 Å². The Morgan fingerprint density at radius 3 is 2.83 bits per heavy atom. The average molecular weight is 413 g/mol. The van der Waals surface area contributed by atoms with Gasteiger partial charge in [-0.3, -0.25) is 4.99 Å². The molecule has 7 heteroatoms. The largest absolute Gasteiger partial charge is 0.493 e. The molecule has 0 saturated carbocycles. The predicted molar refractivity (Wildman–Crippen MR) is 121 cm³/mol. The number of nitrogens with one attached hydrogen (secondary N) is 2. The summed E-state index contributed by atoms with van der Waals surface area (Å²) < 4.78 is 8.32. The van der Waals surface area contributed by atoms with Crippen molar-refractivity contribution in [1.82, 2.24) is 25.4 Å². The van der Waals surface area contributed by atoms with Gasteiger partial charge in [0, 0.05) is 32.1 Å². The smallest absolute Gasteiger partial charge is 0.191 e. The van der Waals surface area contributed by atoms with Gasteiger partial charge < -0.3 is 19.9 Å². The van der Waals surface area contributed by atoms with E-state index in [2.05, 4.69) is 69.4 Å². The molecule has 0 unspecified atom stereocenters. The zero-order valence-electron chi connectivity index (χ0n) is 18.9. The molecule has 3 rings (SSSR count). The molecule has 0 amide bonds. The lowest BCUT2D eigenvalue weighted by Crippen LogP contribution is -2.37. The van der Waals surface area contributed by atoms with E-state index in [4.69, 9.17) is 4.74 Å². The molecule has 2 heterocycles. The highest BCUT2D eigenvalue weighted by molar-refractivity contribution is 5.79. The summed E-state index contributed by atoms with van der Waals surface area (Å²) in [7, 11) is 1.78. The van der Waals surface area contributed by atoms with Gasteiger partial charge in [0.05, 0.1) is 13.2 Å². The van der Waals surface area contributed by atoms with Crippen molar-refractivity contribution in [3.05, 3.63) is 41.0 Å². The quantitative estimate of drug-likeness (QED) is 0.374. The van der Waals surface area contributed by atoms with Crippen LogP contribution in [-0.2, 0) is 26.1 Å². The highest BCUT2D eigenvalue weighted by atomic mass is 16.5. The molecule has 0 spiro atoms. The van der Waals surface area contributed by atoms with E-state index in [0.29, 0.717) is 19.0 Å². The van der Waals surface area contributed by atoms with E-state index in [1.165, 1.54) is 24.8 Å². The number of aryl methyl sites for hydroxylation is 2. The molecule has 1 aliphatic heterocycles. The first-order chi connectivity index (χ1) is 14.6. The van der Waals surface area contributed by atoms with E-state index in [9.17, 15) is 0 Å². The van der Waals surface area contributed by atoms with Gasteiger partial charge in [-0.1, -0.05) is 26.0 Å². The number of guanidine groups is 1. The van der Waals surface area contributed by atoms with Gasteiger partial charge in [0.15, 0.2) is 11.8 Å². The van der Waals surface area contributed by atoms with E-state index in [1.807, 2.05) is 0 Å². The van der Waals surface area contributed by atoms with E-state index >= 15 is 0 Å². The molecule has 0 aliphatic carbocycles. The molecule has 0 fully saturated rings. The Morgan fingerprint density at radius 2 is 2.03 bits per heavy atom. The summed E-state index contributed by atoms with van der Waals surface area (Å²) in [6.07, 6.45) is 5.67. The minimum atomic E-state index is 0.610. The fraction of sp³-hybridized carbons (Fsp3) is 0.609. The second kappa shape index (κ2) is 11.0. The van der Waals surface area contributed by atoms with Gasteiger partial charge >= 0.3 is 0 Å². The maximum atomic E-state index is 6.09. The molecular weight excluding hydrogens is 376 g/mol. The van der Waals surface area contributed by atoms with Gasteiger partial charge in [0.25, 0.3) is 0 Å². The molecular formula is C23H36N6O. The Morgan fingerprint density at radius 1 is 1.20 bits per heavy atom. The topological polar surface area (TPSA) is 76.4 Å². The number of benzene rings is 1. The predicted octanol–water partition coefficient (Wildman–Crippen LogP) is 3.60. The molecule has 0 atom stereocenters. The Bertz CT molecular complexity index is 842. The van der Waals surface area contributed by atoms with E-state index < -0.39 is 0 Å². The Kier molecular flexibility index (Phi) is 8.11. The first-order valence-corrected chi connectivity index (χ1v) is 11.1. The molecule has 1 aromatic carbocycles. The third-order valence-electron chi connectivity index (χ3n) is 5.43. The van der Waals surface area contributed by atoms with Gasteiger partial charge in [-0.15, -0.1) is 10.2 Å². The van der Waals surface area contributed by atoms with Crippen LogP contribution >= 0.6 is 0 Å². The number of rotatable bonds is 9. The van der Waals surface area contributed by atoms with Crippen LogP contribution in [-0.4, -0.2) is 34.4 Å². The minimum absolute atomic E-state index is 0.610. The summed E-state index contributed by atoms with van der Waals surface area (Å²) in [6, 6.07) is 6.37. The maximum Gasteiger partial charge on any atom is 0.191 e. The first kappa shape index (κ1) is 22.1. The third kappa shape index (κ3) is 6.21. The van der Waals surface area contributed by atoms with Crippen LogP contribution in [0.1, 0.15) is 62.3 Å². The van der Waals surface area contributed by atoms with Crippen molar-refractivity contribution in [2.75, 3.05) is 13.7 Å². The van der Waals surface area contributed by atoms with Gasteiger partial charge in [-0.05, 0) is 50.2 Å². The van der Waals surface area contributed by atoms with Crippen molar-refractivity contribution < 1.29 is 4.74 Å². The number of fused-ring (bicyclic) bond motifs is 1. The number of aromatic nitrogens is 3. The van der Waals surface area contributed by atoms with Crippen LogP contribution in [0.25, 0.3) is 0 Å². The van der Waals surface area contributed by atoms with Crippen LogP contribution in [0.15, 0.2) is 23.2 Å². The van der Waals surface area contributed by atoms with Crippen LogP contribution in [0.4, 0.5) is 0 Å². The highest BCUT2D eigenvalue weighted by Gasteiger charge is 2.15. The molecule has 164 valence electrons. The zero-order chi connectivity index (χ0) is 21.3. The van der Waals surface area contributed by atoms with Gasteiger partial charge in [0.1, 0.15) is 11.6 Å². The minimum Gasteiger partial charge on any atom is -0.493 e. The van der Waals surface area contributed by atoms with Gasteiger partial charge in [-0.25, -0.2) is 0 Å². The van der Waals surface area contributed by atoms with Crippen LogP contribution in [0.5, 0.6) is 5.75 Å². The fourth-order valence-electron chi connectivity index (χ4n) is 3.68. The van der Waals surface area contributed by atoms with Crippen molar-refractivity contribution >= 4 is 5.96 Å². The molecule has 2 aromatic rings. The Labute approximate surface area is 180 Å². The molecule has 1 aliphatic rings. The van der Waals surface area contributed by atoms with Crippen molar-refractivity contribution in [3.63, 3.8) is 0 Å². The summed E-state index contributed by atoms with van der Waals surface area (Å²) in [4.78, 5) is 4.35. The van der Waals surface area contributed by atoms with Crippen molar-refractivity contribution in [3.8, 4) is 5.75 Å². The standard InChI is InChI=1S/C23H36N6O/c1-17(2)8-7-13-30-20-14-18(3)10-11-19(20)15-25-23(24-4)26-16-22-28-27-21-9-5-6-12-29(21)22/h10-11,14,17H,5-9,12-13,15-16H2,1-4H3,(H2,24,25,26). The van der Waals surface area contributed by atoms with E-state index in [0.717, 1.165) is 54.9 Å². The lowest BCUT2D eigenvalue weighted by molar-refractivity contribution is 0.294. The SMILES string of the molecule is CN=C(NCc1ccc(C)cc1OCCCC(C)C)NCc1nnc2n1CCCC2. The Hall–Kier alpha value is -2.57. The number of hydrogen-bond donors (Lipinski definition) is 2. The normalized spacial score (nSPS) is 14.0. The second-order valence-electron chi connectivity index (χ2n) is 8.42. The summed E-state index contributed by atoms with van der Waals surface area (Å²) in [5, 5.41) is 15.4. The number of ether oxygens (including phenoxy) is 1. The number of aliphatic imine (C=N–C) groups is 1. The first-order valence-electron chi connectivity index (χ1n) is 11.1. The fourth-order valence-corrected chi connectivity index (χ4v) is 3.68. The third-order valence-corrected chi connectivity index (χ3v) is 5.43. The van der Waals surface area contributed by atoms with Crippen molar-refractivity contribution in [2.24, 2.45) is 10.9 Å². The van der Waals surface area contributed by atoms with Crippen LogP contribution in [0.2, 0.25) is 0 Å². The van der Waals surface area contributed by atoms with E-state index in [1.54, 1.807) is 7.05 Å². The summed E-state index contributed by atoms with van der Waals surface area (Å²) in [6.45, 7) is 9.60. The molecule has 7 nitrogen and oxygen atoms in total. The molecule has 0 radical (unpaired) electrons. The average Bonchev–Trinajstić information content (AvgIpc) is 3.15. The van der Waals surface area contributed by atoms with Crippen LogP contribution in [0.3, 0.4) is 0 Å². The Balaban J connectivity index is 1.53. The molecule has 0 bridgehead atoms. The molecule has 30 heavy (non-hydrogen) atoms. The van der Waals surface area contributed by atoms with Gasteiger partial charge in [0.2, 0.25) is 0 Å². The monoisotopic (exact) mass is 412 g/mol. The molecule has 2 N–H and O–H groups in total. The van der Waals surface area contributed by atoms with E-state index in [-0.39, 0.29) is 0 Å². The van der Waals surface area contributed by atoms with Crippen molar-refractivity contribution in [1.29, 1.82) is 0 Å². The molecule has 0 saturated heterocycles. The second-order valence-corrected chi connectivity index (χ2v) is 8.42. The summed E-state index contributed by atoms with van der Waals surface area (Å²) >= 11 is 0. The lowest BCUT2D eigenvalue weighted by atomic mass is 10.1. The molecule has 1 aromatic heterocycles. The van der Waals surface area contributed by atoms with Gasteiger partial charge in [-0.2, -0.15) is 0 Å². The summed E-state index contributed by atoms with van der Waals surface area (Å²) in [5.74, 6) is 4.47. The van der Waals surface area contributed by atoms with Crippen LogP contribution < -0.4 is 15.4 Å². The highest BCUT2D eigenvalue weighted by Crippen LogP contribution is 2.21. The maximum absolute atomic E-state index is 6.09. The number of hydrogen-bond acceptors (Lipinski definition) is 4.